The van der Waals surface area contributed by atoms with E-state index in [1.54, 1.807) is 12.1 Å². The van der Waals surface area contributed by atoms with Crippen LogP contribution in [0.3, 0.4) is 0 Å². The van der Waals surface area contributed by atoms with E-state index in [1.165, 1.54) is 18.4 Å². The predicted octanol–water partition coefficient (Wildman–Crippen LogP) is 4.65. The van der Waals surface area contributed by atoms with Crippen molar-refractivity contribution in [2.45, 2.75) is 32.1 Å². The van der Waals surface area contributed by atoms with Gasteiger partial charge in [0.25, 0.3) is 0 Å². The van der Waals surface area contributed by atoms with Crippen molar-refractivity contribution in [1.29, 1.82) is 0 Å². The summed E-state index contributed by atoms with van der Waals surface area (Å²) in [6, 6.07) is 19.7. The Morgan fingerprint density at radius 2 is 1.38 bits per heavy atom. The van der Waals surface area contributed by atoms with E-state index >= 15 is 0 Å². The number of carbonyl (C=O) groups is 1. The summed E-state index contributed by atoms with van der Waals surface area (Å²) in [6.07, 6.45) is 5.54. The van der Waals surface area contributed by atoms with Crippen molar-refractivity contribution in [1.82, 2.24) is 0 Å². The van der Waals surface area contributed by atoms with E-state index in [1.807, 2.05) is 24.3 Å². The van der Waals surface area contributed by atoms with Gasteiger partial charge in [-0.15, -0.1) is 0 Å². The summed E-state index contributed by atoms with van der Waals surface area (Å²) in [6.45, 7) is 0.513. The summed E-state index contributed by atoms with van der Waals surface area (Å²) in [4.78, 5) is 11.7. The van der Waals surface area contributed by atoms with Gasteiger partial charge in [0.2, 0.25) is 0 Å². The molecule has 0 unspecified atom stereocenters. The molecule has 110 valence electrons. The fourth-order valence-corrected chi connectivity index (χ4v) is 2.25. The van der Waals surface area contributed by atoms with Crippen molar-refractivity contribution in [3.05, 3.63) is 71.8 Å². The molecule has 0 atom stereocenters. The number of unbranched alkanes of at least 4 members (excludes halogenated alkanes) is 3. The molecule has 2 aromatic rings. The Morgan fingerprint density at radius 1 is 0.762 bits per heavy atom. The average Bonchev–Trinajstić information content (AvgIpc) is 2.55. The normalized spacial score (nSPS) is 10.3. The van der Waals surface area contributed by atoms with Crippen LogP contribution in [0.15, 0.2) is 60.7 Å². The molecule has 0 aromatic heterocycles. The van der Waals surface area contributed by atoms with Crippen LogP contribution in [0, 0.1) is 0 Å². The molecule has 0 saturated heterocycles. The highest BCUT2D eigenvalue weighted by molar-refractivity contribution is 5.89. The van der Waals surface area contributed by atoms with Gasteiger partial charge in [-0.1, -0.05) is 61.4 Å². The molecule has 0 saturated carbocycles. The zero-order valence-corrected chi connectivity index (χ0v) is 12.3. The van der Waals surface area contributed by atoms with Gasteiger partial charge in [0.1, 0.15) is 0 Å². The highest BCUT2D eigenvalue weighted by Gasteiger charge is 2.04. The smallest absolute Gasteiger partial charge is 0.338 e. The molecule has 0 fully saturated rings. The van der Waals surface area contributed by atoms with Crippen LogP contribution in [0.1, 0.15) is 41.6 Å². The third kappa shape index (κ3) is 5.82. The van der Waals surface area contributed by atoms with Crippen molar-refractivity contribution < 1.29 is 9.53 Å². The lowest BCUT2D eigenvalue weighted by Crippen LogP contribution is -2.06. The molecule has 2 aromatic carbocycles. The van der Waals surface area contributed by atoms with Crippen LogP contribution in [-0.2, 0) is 11.2 Å². The van der Waals surface area contributed by atoms with Gasteiger partial charge in [-0.05, 0) is 37.0 Å². The highest BCUT2D eigenvalue weighted by Crippen LogP contribution is 2.08. The van der Waals surface area contributed by atoms with Crippen LogP contribution in [-0.4, -0.2) is 12.6 Å². The highest BCUT2D eigenvalue weighted by atomic mass is 16.5. The van der Waals surface area contributed by atoms with Crippen LogP contribution in [0.2, 0.25) is 0 Å². The minimum Gasteiger partial charge on any atom is -0.462 e. The molecule has 0 aliphatic rings. The molecule has 0 amide bonds. The van der Waals surface area contributed by atoms with E-state index in [0.717, 1.165) is 19.3 Å². The fraction of sp³-hybridized carbons (Fsp3) is 0.316. The first-order valence-electron chi connectivity index (χ1n) is 7.62. The maximum atomic E-state index is 11.7. The summed E-state index contributed by atoms with van der Waals surface area (Å²) in [7, 11) is 0. The predicted molar refractivity (Wildman–Crippen MR) is 85.3 cm³/mol. The zero-order valence-electron chi connectivity index (χ0n) is 12.3. The van der Waals surface area contributed by atoms with E-state index in [4.69, 9.17) is 4.74 Å². The topological polar surface area (TPSA) is 26.3 Å². The molecular weight excluding hydrogens is 260 g/mol. The van der Waals surface area contributed by atoms with Gasteiger partial charge >= 0.3 is 5.97 Å². The summed E-state index contributed by atoms with van der Waals surface area (Å²) in [5.41, 5.74) is 2.02. The molecule has 0 heterocycles. The number of hydrogen-bond donors (Lipinski definition) is 0. The number of benzene rings is 2. The number of hydrogen-bond acceptors (Lipinski definition) is 2. The number of rotatable bonds is 8. The Kier molecular flexibility index (Phi) is 6.53. The van der Waals surface area contributed by atoms with Gasteiger partial charge in [-0.2, -0.15) is 0 Å². The summed E-state index contributed by atoms with van der Waals surface area (Å²) < 4.78 is 5.25. The number of aryl methyl sites for hydroxylation is 1. The Labute approximate surface area is 126 Å². The van der Waals surface area contributed by atoms with Crippen LogP contribution < -0.4 is 0 Å². The van der Waals surface area contributed by atoms with Crippen molar-refractivity contribution >= 4 is 5.97 Å². The van der Waals surface area contributed by atoms with E-state index in [0.29, 0.717) is 12.2 Å². The van der Waals surface area contributed by atoms with Crippen molar-refractivity contribution in [2.24, 2.45) is 0 Å². The Balaban J connectivity index is 1.51. The minimum atomic E-state index is -0.222. The second-order valence-corrected chi connectivity index (χ2v) is 5.15. The van der Waals surface area contributed by atoms with Crippen molar-refractivity contribution in [3.63, 3.8) is 0 Å². The molecule has 0 aliphatic carbocycles. The Bertz CT molecular complexity index is 520. The molecule has 0 N–H and O–H groups in total. The molecule has 21 heavy (non-hydrogen) atoms. The minimum absolute atomic E-state index is 0.222. The maximum Gasteiger partial charge on any atom is 0.338 e. The SMILES string of the molecule is O=C(OCCCCCCc1ccccc1)c1ccccc1. The third-order valence-corrected chi connectivity index (χ3v) is 3.45. The molecule has 2 rings (SSSR count). The van der Waals surface area contributed by atoms with Crippen LogP contribution in [0.4, 0.5) is 0 Å². The van der Waals surface area contributed by atoms with Gasteiger partial charge in [0.05, 0.1) is 12.2 Å². The Hall–Kier alpha value is -2.09. The van der Waals surface area contributed by atoms with E-state index in [9.17, 15) is 4.79 Å². The van der Waals surface area contributed by atoms with Gasteiger partial charge < -0.3 is 4.74 Å². The lowest BCUT2D eigenvalue weighted by molar-refractivity contribution is 0.0497. The van der Waals surface area contributed by atoms with Crippen molar-refractivity contribution in [3.8, 4) is 0 Å². The van der Waals surface area contributed by atoms with Crippen molar-refractivity contribution in [2.75, 3.05) is 6.61 Å². The molecule has 2 nitrogen and oxygen atoms in total. The molecule has 0 bridgehead atoms. The van der Waals surface area contributed by atoms with Crippen LogP contribution in [0.25, 0.3) is 0 Å². The Morgan fingerprint density at radius 3 is 2.10 bits per heavy atom. The van der Waals surface area contributed by atoms with Gasteiger partial charge in [-0.3, -0.25) is 0 Å². The van der Waals surface area contributed by atoms with Gasteiger partial charge in [0.15, 0.2) is 0 Å². The molecule has 0 spiro atoms. The fourth-order valence-electron chi connectivity index (χ4n) is 2.25. The zero-order chi connectivity index (χ0) is 14.8. The monoisotopic (exact) mass is 282 g/mol. The van der Waals surface area contributed by atoms with Gasteiger partial charge in [0, 0.05) is 0 Å². The molecule has 2 heteroatoms. The number of esters is 1. The van der Waals surface area contributed by atoms with E-state index < -0.39 is 0 Å². The first kappa shape index (κ1) is 15.3. The van der Waals surface area contributed by atoms with E-state index in [2.05, 4.69) is 24.3 Å². The second kappa shape index (κ2) is 8.96. The largest absolute Gasteiger partial charge is 0.462 e. The van der Waals surface area contributed by atoms with Gasteiger partial charge in [-0.25, -0.2) is 4.79 Å². The van der Waals surface area contributed by atoms with E-state index in [-0.39, 0.29) is 5.97 Å². The third-order valence-electron chi connectivity index (χ3n) is 3.45. The van der Waals surface area contributed by atoms with Crippen LogP contribution >= 0.6 is 0 Å². The lowest BCUT2D eigenvalue weighted by Gasteiger charge is -2.05. The first-order valence-corrected chi connectivity index (χ1v) is 7.62. The molecule has 0 radical (unpaired) electrons. The average molecular weight is 282 g/mol. The number of ether oxygens (including phenoxy) is 1. The second-order valence-electron chi connectivity index (χ2n) is 5.15. The quantitative estimate of drug-likeness (QED) is 0.520. The van der Waals surface area contributed by atoms with Crippen LogP contribution in [0.5, 0.6) is 0 Å². The number of carbonyl (C=O) groups excluding carboxylic acids is 1. The standard InChI is InChI=1S/C19H22O2/c20-19(18-14-8-4-9-15-18)21-16-10-2-1-5-11-17-12-6-3-7-13-17/h3-4,6-9,12-15H,1-2,5,10-11,16H2. The maximum absolute atomic E-state index is 11.7. The summed E-state index contributed by atoms with van der Waals surface area (Å²) in [5.74, 6) is -0.222. The summed E-state index contributed by atoms with van der Waals surface area (Å²) >= 11 is 0. The molecule has 0 aliphatic heterocycles. The molecular formula is C19H22O2. The lowest BCUT2D eigenvalue weighted by atomic mass is 10.1. The first-order chi connectivity index (χ1) is 10.4. The summed E-state index contributed by atoms with van der Waals surface area (Å²) in [5, 5.41) is 0.